The number of nitrogens with one attached hydrogen (secondary N) is 3. The van der Waals surface area contributed by atoms with Gasteiger partial charge in [0.05, 0.1) is 7.11 Å². The molecule has 1 aromatic heterocycles. The summed E-state index contributed by atoms with van der Waals surface area (Å²) >= 11 is 0. The van der Waals surface area contributed by atoms with Crippen molar-refractivity contribution in [2.24, 2.45) is 5.92 Å². The van der Waals surface area contributed by atoms with Crippen LogP contribution in [0, 0.1) is 5.92 Å². The van der Waals surface area contributed by atoms with Crippen molar-refractivity contribution in [1.82, 2.24) is 20.8 Å². The van der Waals surface area contributed by atoms with Crippen LogP contribution >= 0.6 is 12.4 Å². The highest BCUT2D eigenvalue weighted by Gasteiger charge is 2.25. The second-order valence-corrected chi connectivity index (χ2v) is 6.97. The number of hydrogen-bond acceptors (Lipinski definition) is 5. The van der Waals surface area contributed by atoms with Gasteiger partial charge in [0.15, 0.2) is 5.69 Å². The highest BCUT2D eigenvalue weighted by molar-refractivity contribution is 5.94. The van der Waals surface area contributed by atoms with E-state index in [0.717, 1.165) is 49.5 Å². The smallest absolute Gasteiger partial charge is 0.272 e. The number of H-pyrrole nitrogens is 1. The summed E-state index contributed by atoms with van der Waals surface area (Å²) in [6.45, 7) is 4.25. The van der Waals surface area contributed by atoms with E-state index in [4.69, 9.17) is 4.74 Å². The van der Waals surface area contributed by atoms with E-state index < -0.39 is 0 Å². The maximum atomic E-state index is 12.5. The number of halogens is 1. The molecule has 0 spiro atoms. The number of aromatic amines is 1. The largest absolute Gasteiger partial charge is 0.497 e. The Morgan fingerprint density at radius 2 is 2.33 bits per heavy atom. The molecule has 0 aliphatic carbocycles. The minimum atomic E-state index is -0.0777. The Balaban J connectivity index is 0.00000210. The minimum absolute atomic E-state index is 0. The summed E-state index contributed by atoms with van der Waals surface area (Å²) in [5.41, 5.74) is 3.80. The fourth-order valence-corrected chi connectivity index (χ4v) is 3.77. The molecule has 1 saturated heterocycles. The van der Waals surface area contributed by atoms with Crippen LogP contribution in [0.5, 0.6) is 5.75 Å². The Hall–Kier alpha value is -2.25. The Morgan fingerprint density at radius 1 is 1.44 bits per heavy atom. The standard InChI is InChI=1S/C19H25N5O2.ClH/c1-26-15-4-2-3-14(9-15)24-8-6-13(12-24)10-21-19(25)18-16-11-20-7-5-17(16)22-23-18;/h2-4,9,13,20H,5-8,10-12H2,1H3,(H,21,25)(H,22,23);1H. The van der Waals surface area contributed by atoms with E-state index in [2.05, 4.69) is 37.9 Å². The van der Waals surface area contributed by atoms with Crippen LogP contribution in [0.2, 0.25) is 0 Å². The molecular formula is C19H26ClN5O2. The first-order chi connectivity index (χ1) is 12.7. The summed E-state index contributed by atoms with van der Waals surface area (Å²) in [7, 11) is 1.69. The van der Waals surface area contributed by atoms with Gasteiger partial charge < -0.3 is 20.3 Å². The van der Waals surface area contributed by atoms with E-state index in [-0.39, 0.29) is 18.3 Å². The topological polar surface area (TPSA) is 82.3 Å². The number of carbonyl (C=O) groups is 1. The summed E-state index contributed by atoms with van der Waals surface area (Å²) < 4.78 is 5.31. The van der Waals surface area contributed by atoms with Crippen LogP contribution in [0.4, 0.5) is 5.69 Å². The Kier molecular flexibility index (Phi) is 6.23. The predicted octanol–water partition coefficient (Wildman–Crippen LogP) is 1.74. The molecule has 1 fully saturated rings. The van der Waals surface area contributed by atoms with Crippen LogP contribution in [0.1, 0.15) is 28.2 Å². The summed E-state index contributed by atoms with van der Waals surface area (Å²) in [4.78, 5) is 14.9. The summed E-state index contributed by atoms with van der Waals surface area (Å²) in [5, 5.41) is 13.6. The van der Waals surface area contributed by atoms with Crippen molar-refractivity contribution in [3.8, 4) is 5.75 Å². The third-order valence-electron chi connectivity index (χ3n) is 5.28. The number of ether oxygens (including phenoxy) is 1. The average Bonchev–Trinajstić information content (AvgIpc) is 3.33. The number of fused-ring (bicyclic) bond motifs is 1. The van der Waals surface area contributed by atoms with E-state index >= 15 is 0 Å². The Bertz CT molecular complexity index is 794. The van der Waals surface area contributed by atoms with Crippen molar-refractivity contribution in [2.45, 2.75) is 19.4 Å². The second-order valence-electron chi connectivity index (χ2n) is 6.97. The number of carbonyl (C=O) groups excluding carboxylic acids is 1. The van der Waals surface area contributed by atoms with Gasteiger partial charge in [0, 0.05) is 62.2 Å². The second kappa shape index (κ2) is 8.63. The summed E-state index contributed by atoms with van der Waals surface area (Å²) in [6.07, 6.45) is 1.96. The van der Waals surface area contributed by atoms with Crippen LogP contribution in [0.25, 0.3) is 0 Å². The van der Waals surface area contributed by atoms with Crippen LogP contribution < -0.4 is 20.3 Å². The number of benzene rings is 1. The quantitative estimate of drug-likeness (QED) is 0.723. The van der Waals surface area contributed by atoms with Gasteiger partial charge >= 0.3 is 0 Å². The molecule has 8 heteroatoms. The first-order valence-electron chi connectivity index (χ1n) is 9.18. The molecule has 3 N–H and O–H groups in total. The zero-order chi connectivity index (χ0) is 17.9. The fourth-order valence-electron chi connectivity index (χ4n) is 3.77. The highest BCUT2D eigenvalue weighted by Crippen LogP contribution is 2.26. The normalized spacial score (nSPS) is 18.6. The number of aromatic nitrogens is 2. The zero-order valence-corrected chi connectivity index (χ0v) is 16.3. The van der Waals surface area contributed by atoms with Gasteiger partial charge in [0.2, 0.25) is 0 Å². The molecule has 3 heterocycles. The SMILES string of the molecule is COc1cccc(N2CCC(CNC(=O)c3n[nH]c4c3CNCC4)C2)c1.Cl. The van der Waals surface area contributed by atoms with Crippen LogP contribution in [0.15, 0.2) is 24.3 Å². The molecule has 7 nitrogen and oxygen atoms in total. The number of nitrogens with zero attached hydrogens (tertiary/aromatic N) is 2. The Labute approximate surface area is 165 Å². The minimum Gasteiger partial charge on any atom is -0.497 e. The van der Waals surface area contributed by atoms with E-state index in [9.17, 15) is 4.79 Å². The van der Waals surface area contributed by atoms with Gasteiger partial charge in [-0.2, -0.15) is 5.10 Å². The number of methoxy groups -OCH3 is 1. The molecule has 0 bridgehead atoms. The van der Waals surface area contributed by atoms with Gasteiger partial charge in [-0.25, -0.2) is 0 Å². The van der Waals surface area contributed by atoms with E-state index in [1.165, 1.54) is 5.69 Å². The van der Waals surface area contributed by atoms with E-state index in [1.54, 1.807) is 7.11 Å². The molecule has 27 heavy (non-hydrogen) atoms. The van der Waals surface area contributed by atoms with E-state index in [1.807, 2.05) is 12.1 Å². The van der Waals surface area contributed by atoms with Crippen molar-refractivity contribution < 1.29 is 9.53 Å². The molecule has 1 atom stereocenters. The maximum Gasteiger partial charge on any atom is 0.272 e. The van der Waals surface area contributed by atoms with Gasteiger partial charge in [0.1, 0.15) is 5.75 Å². The number of rotatable bonds is 5. The van der Waals surface area contributed by atoms with Gasteiger partial charge in [-0.1, -0.05) is 6.07 Å². The molecule has 4 rings (SSSR count). The lowest BCUT2D eigenvalue weighted by atomic mass is 10.1. The predicted molar refractivity (Wildman–Crippen MR) is 107 cm³/mol. The van der Waals surface area contributed by atoms with Crippen molar-refractivity contribution >= 4 is 24.0 Å². The molecule has 2 aliphatic rings. The molecule has 2 aliphatic heterocycles. The lowest BCUT2D eigenvalue weighted by molar-refractivity contribution is 0.0942. The monoisotopic (exact) mass is 391 g/mol. The lowest BCUT2D eigenvalue weighted by Crippen LogP contribution is -2.32. The fraction of sp³-hybridized carbons (Fsp3) is 0.474. The molecule has 1 aromatic carbocycles. The van der Waals surface area contributed by atoms with Gasteiger partial charge in [-0.3, -0.25) is 9.89 Å². The van der Waals surface area contributed by atoms with Crippen molar-refractivity contribution in [3.63, 3.8) is 0 Å². The van der Waals surface area contributed by atoms with Gasteiger partial charge in [0.25, 0.3) is 5.91 Å². The maximum absolute atomic E-state index is 12.5. The lowest BCUT2D eigenvalue weighted by Gasteiger charge is -2.19. The molecule has 1 unspecified atom stereocenters. The molecular weight excluding hydrogens is 366 g/mol. The molecule has 2 aromatic rings. The van der Waals surface area contributed by atoms with Gasteiger partial charge in [-0.15, -0.1) is 12.4 Å². The van der Waals surface area contributed by atoms with Gasteiger partial charge in [-0.05, 0) is 24.5 Å². The molecule has 0 radical (unpaired) electrons. The average molecular weight is 392 g/mol. The summed E-state index contributed by atoms with van der Waals surface area (Å²) in [5.74, 6) is 1.24. The number of anilines is 1. The van der Waals surface area contributed by atoms with Crippen molar-refractivity contribution in [3.05, 3.63) is 41.2 Å². The first-order valence-corrected chi connectivity index (χ1v) is 9.18. The highest BCUT2D eigenvalue weighted by atomic mass is 35.5. The Morgan fingerprint density at radius 3 is 3.19 bits per heavy atom. The van der Waals surface area contributed by atoms with Crippen LogP contribution in [0.3, 0.4) is 0 Å². The molecule has 1 amide bonds. The van der Waals surface area contributed by atoms with Crippen molar-refractivity contribution in [2.75, 3.05) is 38.2 Å². The van der Waals surface area contributed by atoms with Crippen molar-refractivity contribution in [1.29, 1.82) is 0 Å². The summed E-state index contributed by atoms with van der Waals surface area (Å²) in [6, 6.07) is 8.13. The zero-order valence-electron chi connectivity index (χ0n) is 15.5. The van der Waals surface area contributed by atoms with E-state index in [0.29, 0.717) is 24.7 Å². The molecule has 0 saturated carbocycles. The van der Waals surface area contributed by atoms with Crippen LogP contribution in [-0.4, -0.2) is 49.4 Å². The number of hydrogen-bond donors (Lipinski definition) is 3. The third-order valence-corrected chi connectivity index (χ3v) is 5.28. The number of amides is 1. The van der Waals surface area contributed by atoms with Crippen LogP contribution in [-0.2, 0) is 13.0 Å². The third kappa shape index (κ3) is 4.20. The first kappa shape index (κ1) is 19.5. The molecule has 146 valence electrons.